The lowest BCUT2D eigenvalue weighted by Crippen LogP contribution is -2.58. The molecule has 0 aromatic rings. The molecular formula is C18H26N2O8S. The highest BCUT2D eigenvalue weighted by Gasteiger charge is 2.54. The summed E-state index contributed by atoms with van der Waals surface area (Å²) in [7, 11) is 0. The predicted octanol–water partition coefficient (Wildman–Crippen LogP) is -0.110. The van der Waals surface area contributed by atoms with E-state index in [0.717, 1.165) is 11.8 Å². The number of carbonyl (C=O) groups is 5. The number of hydrogen-bond donors (Lipinski definition) is 2. The van der Waals surface area contributed by atoms with E-state index in [4.69, 9.17) is 14.2 Å². The monoisotopic (exact) mass is 430 g/mol. The molecule has 0 aromatic heterocycles. The summed E-state index contributed by atoms with van der Waals surface area (Å²) in [6.07, 6.45) is -0.483. The minimum Gasteiger partial charge on any atom is -0.408 e. The van der Waals surface area contributed by atoms with Gasteiger partial charge in [0, 0.05) is 37.6 Å². The molecular weight excluding hydrogens is 404 g/mol. The molecule has 0 aliphatic carbocycles. The third-order valence-corrected chi connectivity index (χ3v) is 5.37. The van der Waals surface area contributed by atoms with Crippen molar-refractivity contribution in [2.75, 3.05) is 25.4 Å². The van der Waals surface area contributed by atoms with E-state index in [9.17, 15) is 24.0 Å². The van der Waals surface area contributed by atoms with Gasteiger partial charge in [0.1, 0.15) is 0 Å². The fourth-order valence-electron chi connectivity index (χ4n) is 2.78. The number of carbonyl (C=O) groups excluding carboxylic acids is 5. The van der Waals surface area contributed by atoms with Gasteiger partial charge in [0.2, 0.25) is 17.6 Å². The molecule has 1 unspecified atom stereocenters. The van der Waals surface area contributed by atoms with Crippen LogP contribution >= 0.6 is 11.8 Å². The molecule has 0 radical (unpaired) electrons. The average Bonchev–Trinajstić information content (AvgIpc) is 3.01. The molecule has 2 N–H and O–H groups in total. The van der Waals surface area contributed by atoms with Crippen molar-refractivity contribution in [1.29, 1.82) is 0 Å². The van der Waals surface area contributed by atoms with Gasteiger partial charge in [-0.25, -0.2) is 0 Å². The van der Waals surface area contributed by atoms with Gasteiger partial charge in [0.05, 0.1) is 19.4 Å². The van der Waals surface area contributed by atoms with E-state index in [2.05, 4.69) is 10.6 Å². The molecule has 11 heteroatoms. The molecule has 29 heavy (non-hydrogen) atoms. The smallest absolute Gasteiger partial charge is 0.330 e. The van der Waals surface area contributed by atoms with Crippen molar-refractivity contribution in [3.63, 3.8) is 0 Å². The number of Topliss-reactive ketones (excluding diaryl/α,β-unsaturated/α-hetero) is 1. The van der Waals surface area contributed by atoms with Gasteiger partial charge in [-0.1, -0.05) is 25.6 Å². The summed E-state index contributed by atoms with van der Waals surface area (Å²) in [5.41, 5.74) is -0.646. The van der Waals surface area contributed by atoms with Crippen LogP contribution in [0.1, 0.15) is 40.0 Å². The number of ether oxygens (including phenoxy) is 3. The molecule has 2 atom stereocenters. The first-order valence-electron chi connectivity index (χ1n) is 9.30. The van der Waals surface area contributed by atoms with Crippen LogP contribution in [0.3, 0.4) is 0 Å². The molecule has 2 fully saturated rings. The second-order valence-electron chi connectivity index (χ2n) is 7.52. The molecule has 0 bridgehead atoms. The lowest BCUT2D eigenvalue weighted by molar-refractivity contribution is -0.404. The Bertz CT molecular complexity index is 695. The maximum absolute atomic E-state index is 12.6. The molecule has 2 rings (SSSR count). The maximum Gasteiger partial charge on any atom is 0.330 e. The third-order valence-electron chi connectivity index (χ3n) is 4.41. The van der Waals surface area contributed by atoms with E-state index in [1.54, 1.807) is 13.8 Å². The van der Waals surface area contributed by atoms with Gasteiger partial charge in [0.15, 0.2) is 6.10 Å². The summed E-state index contributed by atoms with van der Waals surface area (Å²) in [5, 5.41) is 4.72. The van der Waals surface area contributed by atoms with Gasteiger partial charge >= 0.3 is 11.9 Å². The van der Waals surface area contributed by atoms with Gasteiger partial charge in [-0.3, -0.25) is 24.0 Å². The highest BCUT2D eigenvalue weighted by atomic mass is 32.2. The second kappa shape index (κ2) is 9.68. The highest BCUT2D eigenvalue weighted by Crippen LogP contribution is 2.41. The Morgan fingerprint density at radius 2 is 1.90 bits per heavy atom. The zero-order valence-corrected chi connectivity index (χ0v) is 17.5. The van der Waals surface area contributed by atoms with Gasteiger partial charge < -0.3 is 24.8 Å². The first-order chi connectivity index (χ1) is 13.5. The number of hydrogen-bond acceptors (Lipinski definition) is 9. The fourth-order valence-corrected chi connectivity index (χ4v) is 3.38. The molecule has 2 heterocycles. The van der Waals surface area contributed by atoms with Crippen LogP contribution in [-0.4, -0.2) is 66.2 Å². The van der Waals surface area contributed by atoms with Crippen molar-refractivity contribution < 1.29 is 38.2 Å². The van der Waals surface area contributed by atoms with Crippen molar-refractivity contribution in [2.24, 2.45) is 5.41 Å². The van der Waals surface area contributed by atoms with Crippen molar-refractivity contribution in [3.8, 4) is 0 Å². The first-order valence-corrected chi connectivity index (χ1v) is 10.3. The van der Waals surface area contributed by atoms with Crippen molar-refractivity contribution >= 4 is 40.4 Å². The number of nitrogens with one attached hydrogen (secondary N) is 2. The van der Waals surface area contributed by atoms with Crippen molar-refractivity contribution in [3.05, 3.63) is 0 Å². The Labute approximate surface area is 172 Å². The third kappa shape index (κ3) is 6.51. The van der Waals surface area contributed by atoms with Gasteiger partial charge in [-0.2, -0.15) is 0 Å². The summed E-state index contributed by atoms with van der Waals surface area (Å²) in [6, 6.07) is 0. The summed E-state index contributed by atoms with van der Waals surface area (Å²) in [6.45, 7) is 5.30. The van der Waals surface area contributed by atoms with Crippen molar-refractivity contribution in [2.45, 2.75) is 52.1 Å². The minimum absolute atomic E-state index is 0.0425. The van der Waals surface area contributed by atoms with Crippen LogP contribution in [-0.2, 0) is 38.2 Å². The normalized spacial score (nSPS) is 25.3. The number of ketones is 1. The molecule has 162 valence electrons. The standard InChI is InChI=1S/C18H26N2O8S/c1-11(21)16(25)29-9-8-19-12(22)5-7-20-15(24)14-17(2,3)10-26-18(28-14)6-4-13(23)27-18/h14H,4-10H2,1-3H3,(H,19,22)(H,20,24)/t14-,18?/m0/s1. The number of thioether (sulfide) groups is 1. The quantitative estimate of drug-likeness (QED) is 0.307. The fraction of sp³-hybridized carbons (Fsp3) is 0.722. The number of amides is 2. The van der Waals surface area contributed by atoms with Crippen LogP contribution in [0.15, 0.2) is 0 Å². The summed E-state index contributed by atoms with van der Waals surface area (Å²) in [5.74, 6) is -2.91. The van der Waals surface area contributed by atoms with Crippen LogP contribution in [0.2, 0.25) is 0 Å². The zero-order valence-electron chi connectivity index (χ0n) is 16.7. The van der Waals surface area contributed by atoms with Gasteiger partial charge in [-0.15, -0.1) is 0 Å². The van der Waals surface area contributed by atoms with Gasteiger partial charge in [-0.05, 0) is 0 Å². The zero-order chi connectivity index (χ0) is 21.7. The van der Waals surface area contributed by atoms with Gasteiger partial charge in [0.25, 0.3) is 5.12 Å². The SMILES string of the molecule is CC(=O)C(=O)SCCNC(=O)CCNC(=O)[C@@H]1OC2(CCC(=O)O2)OCC1(C)C. The van der Waals surface area contributed by atoms with E-state index in [0.29, 0.717) is 5.75 Å². The Balaban J connectivity index is 1.73. The number of rotatable bonds is 8. The Morgan fingerprint density at radius 1 is 1.17 bits per heavy atom. The maximum atomic E-state index is 12.6. The van der Waals surface area contributed by atoms with Crippen LogP contribution in [0, 0.1) is 5.41 Å². The van der Waals surface area contributed by atoms with E-state index in [1.165, 1.54) is 6.92 Å². The molecule has 10 nitrogen and oxygen atoms in total. The molecule has 1 spiro atoms. The first kappa shape index (κ1) is 23.3. The lowest BCUT2D eigenvalue weighted by atomic mass is 9.85. The molecule has 0 aromatic carbocycles. The minimum atomic E-state index is -1.51. The predicted molar refractivity (Wildman–Crippen MR) is 101 cm³/mol. The van der Waals surface area contributed by atoms with Crippen LogP contribution in [0.4, 0.5) is 0 Å². The Morgan fingerprint density at radius 3 is 2.52 bits per heavy atom. The largest absolute Gasteiger partial charge is 0.408 e. The summed E-state index contributed by atoms with van der Waals surface area (Å²) in [4.78, 5) is 57.8. The van der Waals surface area contributed by atoms with Crippen LogP contribution in [0.5, 0.6) is 0 Å². The Kier molecular flexibility index (Phi) is 7.78. The summed E-state index contributed by atoms with van der Waals surface area (Å²) >= 11 is 0.846. The number of esters is 1. The van der Waals surface area contributed by atoms with E-state index in [1.807, 2.05) is 0 Å². The van der Waals surface area contributed by atoms with Crippen LogP contribution < -0.4 is 10.6 Å². The van der Waals surface area contributed by atoms with Crippen molar-refractivity contribution in [1.82, 2.24) is 10.6 Å². The van der Waals surface area contributed by atoms with Crippen LogP contribution in [0.25, 0.3) is 0 Å². The molecule has 0 saturated carbocycles. The molecule has 2 aliphatic heterocycles. The van der Waals surface area contributed by atoms with E-state index < -0.39 is 40.3 Å². The Hall–Kier alpha value is -1.98. The second-order valence-corrected chi connectivity index (χ2v) is 8.58. The summed E-state index contributed by atoms with van der Waals surface area (Å²) < 4.78 is 16.4. The molecule has 2 aliphatic rings. The topological polar surface area (TPSA) is 137 Å². The van der Waals surface area contributed by atoms with E-state index in [-0.39, 0.29) is 44.9 Å². The van der Waals surface area contributed by atoms with E-state index >= 15 is 0 Å². The molecule has 2 amide bonds. The highest BCUT2D eigenvalue weighted by molar-refractivity contribution is 8.15. The lowest BCUT2D eigenvalue weighted by Gasteiger charge is -2.44. The molecule has 2 saturated heterocycles. The average molecular weight is 430 g/mol.